The van der Waals surface area contributed by atoms with Crippen LogP contribution in [0.15, 0.2) is 6.20 Å². The van der Waals surface area contributed by atoms with Gasteiger partial charge < -0.3 is 10.0 Å². The summed E-state index contributed by atoms with van der Waals surface area (Å²) in [5.41, 5.74) is 1.50. The molecule has 3 heterocycles. The van der Waals surface area contributed by atoms with Crippen LogP contribution in [0.25, 0.3) is 0 Å². The van der Waals surface area contributed by atoms with E-state index in [1.54, 1.807) is 4.68 Å². The van der Waals surface area contributed by atoms with Crippen LogP contribution in [0, 0.1) is 0 Å². The minimum Gasteiger partial charge on any atom is -0.382 e. The fraction of sp³-hybridized carbons (Fsp3) is 0.706. The molecule has 8 heteroatoms. The molecule has 0 bridgehead atoms. The summed E-state index contributed by atoms with van der Waals surface area (Å²) >= 11 is 0. The Morgan fingerprint density at radius 1 is 1.16 bits per heavy atom. The van der Waals surface area contributed by atoms with Gasteiger partial charge in [-0.3, -0.25) is 0 Å². The molecule has 0 saturated carbocycles. The van der Waals surface area contributed by atoms with Crippen molar-refractivity contribution in [1.82, 2.24) is 30.2 Å². The van der Waals surface area contributed by atoms with Crippen molar-refractivity contribution in [2.24, 2.45) is 0 Å². The minimum atomic E-state index is -1.04. The zero-order valence-corrected chi connectivity index (χ0v) is 15.5. The van der Waals surface area contributed by atoms with Crippen LogP contribution in [-0.2, 0) is 18.4 Å². The molecule has 3 rings (SSSR count). The summed E-state index contributed by atoms with van der Waals surface area (Å²) in [6, 6.07) is 0.214. The molecule has 0 amide bonds. The second-order valence-corrected chi connectivity index (χ2v) is 6.95. The summed E-state index contributed by atoms with van der Waals surface area (Å²) in [4.78, 5) is 6.68. The normalized spacial score (nSPS) is 21.1. The number of aliphatic hydroxyl groups is 1. The van der Waals surface area contributed by atoms with Gasteiger partial charge in [-0.1, -0.05) is 19.1 Å². The summed E-state index contributed by atoms with van der Waals surface area (Å²) < 4.78 is 1.77. The Bertz CT molecular complexity index is 730. The molecule has 1 saturated heterocycles. The SMILES string of the molecule is CCc1nnc(N2CCC[C@](O)(c3cn(C(C)C)nn3)C2)nc1CC. The largest absolute Gasteiger partial charge is 0.382 e. The van der Waals surface area contributed by atoms with Gasteiger partial charge in [-0.2, -0.15) is 5.10 Å². The van der Waals surface area contributed by atoms with Crippen molar-refractivity contribution in [2.75, 3.05) is 18.0 Å². The van der Waals surface area contributed by atoms with E-state index in [0.29, 0.717) is 24.6 Å². The Morgan fingerprint density at radius 2 is 1.92 bits per heavy atom. The summed E-state index contributed by atoms with van der Waals surface area (Å²) in [6.45, 7) is 9.41. The third-order valence-corrected chi connectivity index (χ3v) is 4.77. The molecule has 136 valence electrons. The molecule has 8 nitrogen and oxygen atoms in total. The van der Waals surface area contributed by atoms with Gasteiger partial charge in [0.1, 0.15) is 11.3 Å². The van der Waals surface area contributed by atoms with Crippen LogP contribution >= 0.6 is 0 Å². The Balaban J connectivity index is 1.85. The number of piperidine rings is 1. The highest BCUT2D eigenvalue weighted by Crippen LogP contribution is 2.31. The van der Waals surface area contributed by atoms with E-state index in [4.69, 9.17) is 0 Å². The fourth-order valence-corrected chi connectivity index (χ4v) is 3.22. The number of nitrogens with zero attached hydrogens (tertiary/aromatic N) is 7. The standard InChI is InChI=1S/C17H27N7O/c1-5-13-14(6-2)19-21-16(18-13)23-9-7-8-17(25,11-23)15-10-24(12(3)4)22-20-15/h10,12,25H,5-9,11H2,1-4H3/t17-/m1/s1. The Hall–Kier alpha value is -2.09. The predicted octanol–water partition coefficient (Wildman–Crippen LogP) is 1.66. The van der Waals surface area contributed by atoms with Gasteiger partial charge in [-0.05, 0) is 39.5 Å². The highest BCUT2D eigenvalue weighted by molar-refractivity contribution is 5.33. The first-order valence-corrected chi connectivity index (χ1v) is 9.09. The van der Waals surface area contributed by atoms with E-state index < -0.39 is 5.60 Å². The molecule has 0 radical (unpaired) electrons. The highest BCUT2D eigenvalue weighted by Gasteiger charge is 2.38. The zero-order chi connectivity index (χ0) is 18.0. The molecule has 0 unspecified atom stereocenters. The number of aryl methyl sites for hydroxylation is 2. The van der Waals surface area contributed by atoms with Gasteiger partial charge in [0.05, 0.1) is 24.1 Å². The molecular formula is C17H27N7O. The third-order valence-electron chi connectivity index (χ3n) is 4.77. The second kappa shape index (κ2) is 7.03. The van der Waals surface area contributed by atoms with E-state index in [1.165, 1.54) is 0 Å². The Labute approximate surface area is 148 Å². The molecule has 0 spiro atoms. The van der Waals surface area contributed by atoms with E-state index in [0.717, 1.165) is 37.2 Å². The second-order valence-electron chi connectivity index (χ2n) is 6.95. The van der Waals surface area contributed by atoms with Gasteiger partial charge in [-0.25, -0.2) is 9.67 Å². The van der Waals surface area contributed by atoms with Crippen LogP contribution in [0.2, 0.25) is 0 Å². The maximum atomic E-state index is 11.2. The molecule has 0 aliphatic carbocycles. The molecule has 2 aromatic heterocycles. The average Bonchev–Trinajstić information content (AvgIpc) is 3.12. The number of hydrogen-bond acceptors (Lipinski definition) is 7. The number of hydrogen-bond donors (Lipinski definition) is 1. The predicted molar refractivity (Wildman–Crippen MR) is 94.3 cm³/mol. The Morgan fingerprint density at radius 3 is 2.56 bits per heavy atom. The molecule has 1 aliphatic rings. The maximum Gasteiger partial charge on any atom is 0.245 e. The maximum absolute atomic E-state index is 11.2. The van der Waals surface area contributed by atoms with E-state index in [-0.39, 0.29) is 6.04 Å². The van der Waals surface area contributed by atoms with Gasteiger partial charge in [0, 0.05) is 12.6 Å². The first-order chi connectivity index (χ1) is 12.0. The van der Waals surface area contributed by atoms with Crippen molar-refractivity contribution in [3.8, 4) is 0 Å². The van der Waals surface area contributed by atoms with Crippen LogP contribution in [0.1, 0.15) is 63.7 Å². The lowest BCUT2D eigenvalue weighted by atomic mass is 9.90. The molecule has 1 N–H and O–H groups in total. The van der Waals surface area contributed by atoms with Crippen molar-refractivity contribution in [3.05, 3.63) is 23.3 Å². The van der Waals surface area contributed by atoms with Crippen molar-refractivity contribution >= 4 is 5.95 Å². The summed E-state index contributed by atoms with van der Waals surface area (Å²) in [5, 5.41) is 28.1. The van der Waals surface area contributed by atoms with Gasteiger partial charge in [0.25, 0.3) is 0 Å². The van der Waals surface area contributed by atoms with Gasteiger partial charge in [0.2, 0.25) is 5.95 Å². The minimum absolute atomic E-state index is 0.214. The van der Waals surface area contributed by atoms with Gasteiger partial charge >= 0.3 is 0 Å². The summed E-state index contributed by atoms with van der Waals surface area (Å²) in [6.07, 6.45) is 4.98. The van der Waals surface area contributed by atoms with Crippen LogP contribution in [0.4, 0.5) is 5.95 Å². The molecular weight excluding hydrogens is 318 g/mol. The molecule has 1 aliphatic heterocycles. The van der Waals surface area contributed by atoms with E-state index in [1.807, 2.05) is 24.9 Å². The number of β-amino-alcohol motifs (C(OH)–C–C–N with tert-alkyl or cyclic N) is 1. The highest BCUT2D eigenvalue weighted by atomic mass is 16.3. The van der Waals surface area contributed by atoms with Crippen molar-refractivity contribution in [1.29, 1.82) is 0 Å². The lowest BCUT2D eigenvalue weighted by Crippen LogP contribution is -2.47. The topological polar surface area (TPSA) is 92.8 Å². The van der Waals surface area contributed by atoms with Crippen LogP contribution in [0.5, 0.6) is 0 Å². The molecule has 25 heavy (non-hydrogen) atoms. The summed E-state index contributed by atoms with van der Waals surface area (Å²) in [7, 11) is 0. The average molecular weight is 345 g/mol. The molecule has 0 aromatic carbocycles. The fourth-order valence-electron chi connectivity index (χ4n) is 3.22. The van der Waals surface area contributed by atoms with Crippen LogP contribution in [-0.4, -0.2) is 48.4 Å². The molecule has 1 fully saturated rings. The lowest BCUT2D eigenvalue weighted by Gasteiger charge is -2.37. The van der Waals surface area contributed by atoms with Crippen molar-refractivity contribution in [2.45, 2.75) is 65.0 Å². The van der Waals surface area contributed by atoms with Crippen molar-refractivity contribution < 1.29 is 5.11 Å². The zero-order valence-electron chi connectivity index (χ0n) is 15.5. The van der Waals surface area contributed by atoms with Crippen molar-refractivity contribution in [3.63, 3.8) is 0 Å². The number of aromatic nitrogens is 6. The van der Waals surface area contributed by atoms with Gasteiger partial charge in [0.15, 0.2) is 0 Å². The van der Waals surface area contributed by atoms with Gasteiger partial charge in [-0.15, -0.1) is 10.2 Å². The van der Waals surface area contributed by atoms with Crippen LogP contribution < -0.4 is 4.90 Å². The Kier molecular flexibility index (Phi) is 4.99. The first-order valence-electron chi connectivity index (χ1n) is 9.09. The smallest absolute Gasteiger partial charge is 0.245 e. The quantitative estimate of drug-likeness (QED) is 0.881. The number of rotatable bonds is 5. The lowest BCUT2D eigenvalue weighted by molar-refractivity contribution is 0.0171. The molecule has 1 atom stereocenters. The van der Waals surface area contributed by atoms with Crippen LogP contribution in [0.3, 0.4) is 0 Å². The molecule has 2 aromatic rings. The van der Waals surface area contributed by atoms with E-state index in [9.17, 15) is 5.11 Å². The first kappa shape index (κ1) is 17.7. The summed E-state index contributed by atoms with van der Waals surface area (Å²) in [5.74, 6) is 0.587. The van der Waals surface area contributed by atoms with E-state index >= 15 is 0 Å². The monoisotopic (exact) mass is 345 g/mol. The van der Waals surface area contributed by atoms with E-state index in [2.05, 4.69) is 39.3 Å². The third kappa shape index (κ3) is 3.49. The number of anilines is 1.